The normalized spacial score (nSPS) is 12.3. The van der Waals surface area contributed by atoms with Crippen LogP contribution in [0.15, 0.2) is 60.7 Å². The first kappa shape index (κ1) is 23.4. The monoisotopic (exact) mass is 427 g/mol. The lowest BCUT2D eigenvalue weighted by Gasteiger charge is -2.21. The minimum absolute atomic E-state index is 0.0113. The summed E-state index contributed by atoms with van der Waals surface area (Å²) in [6.45, 7) is -0.0113. The summed E-state index contributed by atoms with van der Waals surface area (Å²) in [5.41, 5.74) is 6.62. The van der Waals surface area contributed by atoms with Crippen molar-refractivity contribution in [2.45, 2.75) is 38.0 Å². The van der Waals surface area contributed by atoms with Gasteiger partial charge in [-0.15, -0.1) is 0 Å². The van der Waals surface area contributed by atoms with Crippen molar-refractivity contribution in [3.63, 3.8) is 0 Å². The van der Waals surface area contributed by atoms with Crippen molar-refractivity contribution in [1.82, 2.24) is 10.6 Å². The zero-order valence-corrected chi connectivity index (χ0v) is 16.8. The molecule has 0 bridgehead atoms. The number of rotatable bonds is 11. The van der Waals surface area contributed by atoms with E-state index in [0.29, 0.717) is 0 Å². The smallest absolute Gasteiger partial charge is 0.408 e. The van der Waals surface area contributed by atoms with Crippen LogP contribution < -0.4 is 16.4 Å². The molecule has 9 nitrogen and oxygen atoms in total. The van der Waals surface area contributed by atoms with E-state index in [1.54, 1.807) is 54.6 Å². The Labute approximate surface area is 179 Å². The van der Waals surface area contributed by atoms with Crippen LogP contribution in [0.5, 0.6) is 0 Å². The lowest BCUT2D eigenvalue weighted by atomic mass is 10.0. The molecule has 0 aliphatic heterocycles. The number of carboxylic acid groups (broad SMARTS) is 1. The molecule has 2 aromatic rings. The van der Waals surface area contributed by atoms with Crippen molar-refractivity contribution < 1.29 is 29.0 Å². The summed E-state index contributed by atoms with van der Waals surface area (Å²) in [7, 11) is 0. The molecule has 0 saturated heterocycles. The van der Waals surface area contributed by atoms with Gasteiger partial charge in [0.2, 0.25) is 11.8 Å². The Hall–Kier alpha value is -3.88. The molecule has 164 valence electrons. The average molecular weight is 427 g/mol. The maximum absolute atomic E-state index is 12.7. The van der Waals surface area contributed by atoms with Crippen molar-refractivity contribution in [1.29, 1.82) is 0 Å². The maximum Gasteiger partial charge on any atom is 0.408 e. The van der Waals surface area contributed by atoms with Gasteiger partial charge in [-0.1, -0.05) is 60.7 Å². The number of nitrogens with one attached hydrogen (secondary N) is 2. The minimum Gasteiger partial charge on any atom is -0.480 e. The molecule has 2 aromatic carbocycles. The molecule has 0 saturated carbocycles. The van der Waals surface area contributed by atoms with Gasteiger partial charge in [0, 0.05) is 12.8 Å². The highest BCUT2D eigenvalue weighted by Gasteiger charge is 2.27. The van der Waals surface area contributed by atoms with Gasteiger partial charge in [-0.2, -0.15) is 0 Å². The number of ether oxygens (including phenoxy) is 1. The summed E-state index contributed by atoms with van der Waals surface area (Å²) in [6, 6.07) is 15.3. The molecule has 5 N–H and O–H groups in total. The molecule has 0 aromatic heterocycles. The van der Waals surface area contributed by atoms with Crippen molar-refractivity contribution in [3.8, 4) is 0 Å². The summed E-state index contributed by atoms with van der Waals surface area (Å²) in [6.07, 6.45) is -1.08. The number of carboxylic acids is 1. The van der Waals surface area contributed by atoms with E-state index in [-0.39, 0.29) is 25.9 Å². The Balaban J connectivity index is 2.00. The van der Waals surface area contributed by atoms with Crippen molar-refractivity contribution >= 4 is 23.9 Å². The molecule has 0 aliphatic rings. The highest BCUT2D eigenvalue weighted by Crippen LogP contribution is 2.06. The van der Waals surface area contributed by atoms with Crippen molar-refractivity contribution in [2.24, 2.45) is 5.73 Å². The Kier molecular flexibility index (Phi) is 9.03. The van der Waals surface area contributed by atoms with E-state index in [0.717, 1.165) is 11.1 Å². The van der Waals surface area contributed by atoms with Gasteiger partial charge in [-0.3, -0.25) is 9.59 Å². The molecule has 0 heterocycles. The zero-order valence-electron chi connectivity index (χ0n) is 16.8. The molecule has 2 atom stereocenters. The van der Waals surface area contributed by atoms with Crippen LogP contribution in [-0.2, 0) is 32.1 Å². The molecule has 0 radical (unpaired) electrons. The number of hydrogen-bond donors (Lipinski definition) is 4. The summed E-state index contributed by atoms with van der Waals surface area (Å²) in [5.74, 6) is -2.63. The predicted octanol–water partition coefficient (Wildman–Crippen LogP) is 1.36. The number of carbonyl (C=O) groups is 4. The Morgan fingerprint density at radius 3 is 2.00 bits per heavy atom. The van der Waals surface area contributed by atoms with Gasteiger partial charge in [0.05, 0.1) is 0 Å². The van der Waals surface area contributed by atoms with E-state index in [2.05, 4.69) is 10.6 Å². The van der Waals surface area contributed by atoms with Gasteiger partial charge in [0.1, 0.15) is 18.7 Å². The first-order valence-electron chi connectivity index (χ1n) is 9.67. The molecule has 0 fully saturated rings. The van der Waals surface area contributed by atoms with Gasteiger partial charge in [0.15, 0.2) is 0 Å². The van der Waals surface area contributed by atoms with Gasteiger partial charge in [-0.25, -0.2) is 9.59 Å². The predicted molar refractivity (Wildman–Crippen MR) is 112 cm³/mol. The van der Waals surface area contributed by atoms with E-state index in [1.807, 2.05) is 6.07 Å². The number of alkyl carbamates (subject to hydrolysis) is 1. The van der Waals surface area contributed by atoms with Crippen LogP contribution in [0.25, 0.3) is 0 Å². The summed E-state index contributed by atoms with van der Waals surface area (Å²) in [4.78, 5) is 47.6. The third kappa shape index (κ3) is 8.57. The summed E-state index contributed by atoms with van der Waals surface area (Å²) >= 11 is 0. The molecule has 0 spiro atoms. The van der Waals surface area contributed by atoms with Gasteiger partial charge in [0.25, 0.3) is 0 Å². The molecule has 31 heavy (non-hydrogen) atoms. The molecular formula is C22H25N3O6. The third-order valence-corrected chi connectivity index (χ3v) is 4.40. The van der Waals surface area contributed by atoms with Crippen molar-refractivity contribution in [3.05, 3.63) is 71.8 Å². The standard InChI is InChI=1S/C22H25N3O6/c23-19(26)12-11-17(25-22(30)31-14-16-9-5-2-6-10-16)20(27)24-18(21(28)29)13-15-7-3-1-4-8-15/h1-10,17-18H,11-14H2,(H2,23,26)(H,24,27)(H,25,30)(H,28,29)/t17-,18-/m0/s1. The average Bonchev–Trinajstić information content (AvgIpc) is 2.75. The third-order valence-electron chi connectivity index (χ3n) is 4.40. The maximum atomic E-state index is 12.7. The minimum atomic E-state index is -1.22. The Morgan fingerprint density at radius 1 is 0.871 bits per heavy atom. The van der Waals surface area contributed by atoms with Crippen molar-refractivity contribution in [2.75, 3.05) is 0 Å². The molecule has 9 heteroatoms. The molecule has 3 amide bonds. The van der Waals surface area contributed by atoms with Crippen LogP contribution in [0.2, 0.25) is 0 Å². The highest BCUT2D eigenvalue weighted by atomic mass is 16.5. The second-order valence-corrected chi connectivity index (χ2v) is 6.85. The largest absolute Gasteiger partial charge is 0.480 e. The van der Waals surface area contributed by atoms with Crippen LogP contribution in [0.3, 0.4) is 0 Å². The quantitative estimate of drug-likeness (QED) is 0.426. The lowest BCUT2D eigenvalue weighted by molar-refractivity contribution is -0.142. The van der Waals surface area contributed by atoms with Gasteiger partial charge >= 0.3 is 12.1 Å². The first-order valence-corrected chi connectivity index (χ1v) is 9.67. The fourth-order valence-electron chi connectivity index (χ4n) is 2.78. The lowest BCUT2D eigenvalue weighted by Crippen LogP contribution is -2.52. The Morgan fingerprint density at radius 2 is 1.45 bits per heavy atom. The van der Waals surface area contributed by atoms with Gasteiger partial charge in [-0.05, 0) is 17.5 Å². The Bertz CT molecular complexity index is 889. The number of benzene rings is 2. The van der Waals surface area contributed by atoms with E-state index in [9.17, 15) is 24.3 Å². The van der Waals surface area contributed by atoms with Crippen LogP contribution in [0, 0.1) is 0 Å². The van der Waals surface area contributed by atoms with E-state index in [4.69, 9.17) is 10.5 Å². The van der Waals surface area contributed by atoms with Gasteiger partial charge < -0.3 is 26.2 Å². The number of hydrogen-bond acceptors (Lipinski definition) is 5. The second kappa shape index (κ2) is 12.0. The number of primary amides is 1. The number of aliphatic carboxylic acids is 1. The molecule has 2 rings (SSSR count). The topological polar surface area (TPSA) is 148 Å². The number of amides is 3. The summed E-state index contributed by atoms with van der Waals surface area (Å²) < 4.78 is 5.10. The molecule has 0 aliphatic carbocycles. The van der Waals surface area contributed by atoms with Crippen LogP contribution in [0.4, 0.5) is 4.79 Å². The van der Waals surface area contributed by atoms with E-state index in [1.165, 1.54) is 0 Å². The zero-order chi connectivity index (χ0) is 22.6. The first-order chi connectivity index (χ1) is 14.8. The van der Waals surface area contributed by atoms with Crippen LogP contribution in [0.1, 0.15) is 24.0 Å². The second-order valence-electron chi connectivity index (χ2n) is 6.85. The number of nitrogens with two attached hydrogens (primary N) is 1. The van der Waals surface area contributed by atoms with Crippen LogP contribution in [-0.4, -0.2) is 41.1 Å². The SMILES string of the molecule is NC(=O)CC[C@H](NC(=O)OCc1ccccc1)C(=O)N[C@@H](Cc1ccccc1)C(=O)O. The fourth-order valence-corrected chi connectivity index (χ4v) is 2.78. The van der Waals surface area contributed by atoms with E-state index < -0.39 is 36.0 Å². The highest BCUT2D eigenvalue weighted by molar-refractivity contribution is 5.89. The molecular weight excluding hydrogens is 402 g/mol. The fraction of sp³-hybridized carbons (Fsp3) is 0.273. The summed E-state index contributed by atoms with van der Waals surface area (Å²) in [5, 5.41) is 14.3. The van der Waals surface area contributed by atoms with E-state index >= 15 is 0 Å². The number of carbonyl (C=O) groups excluding carboxylic acids is 3. The van der Waals surface area contributed by atoms with Crippen LogP contribution >= 0.6 is 0 Å². The molecule has 0 unspecified atom stereocenters.